The number of benzene rings is 2. The zero-order valence-electron chi connectivity index (χ0n) is 17.9. The molecule has 0 radical (unpaired) electrons. The second-order valence-corrected chi connectivity index (χ2v) is 8.37. The number of hydrogen-bond donors (Lipinski definition) is 0. The number of carbonyl (C=O) groups excluding carboxylic acids is 1. The van der Waals surface area contributed by atoms with Crippen LogP contribution in [-0.2, 0) is 24.3 Å². The lowest BCUT2D eigenvalue weighted by Gasteiger charge is -2.18. The van der Waals surface area contributed by atoms with Crippen LogP contribution in [0, 0.1) is 0 Å². The molecule has 2 aromatic carbocycles. The van der Waals surface area contributed by atoms with Crippen LogP contribution in [0.5, 0.6) is 0 Å². The van der Waals surface area contributed by atoms with E-state index in [1.165, 1.54) is 17.3 Å². The first-order chi connectivity index (χ1) is 14.5. The van der Waals surface area contributed by atoms with Gasteiger partial charge in [-0.15, -0.1) is 0 Å². The number of para-hydroxylation sites is 1. The van der Waals surface area contributed by atoms with Crippen LogP contribution in [0.25, 0.3) is 10.9 Å². The number of unbranched alkanes of at least 4 members (excludes halogenated alkanes) is 1. The number of fused-ring (bicyclic) bond motifs is 1. The fraction of sp³-hybridized carbons (Fsp3) is 0.375. The van der Waals surface area contributed by atoms with E-state index in [2.05, 4.69) is 43.1 Å². The van der Waals surface area contributed by atoms with E-state index in [-0.39, 0.29) is 17.2 Å². The van der Waals surface area contributed by atoms with Crippen molar-refractivity contribution in [1.29, 1.82) is 0 Å². The van der Waals surface area contributed by atoms with Crippen molar-refractivity contribution in [1.82, 2.24) is 14.5 Å². The number of amides is 1. The molecular weight excluding hydrogens is 394 g/mol. The van der Waals surface area contributed by atoms with E-state index >= 15 is 0 Å². The number of carbonyl (C=O) groups is 1. The van der Waals surface area contributed by atoms with Crippen molar-refractivity contribution in [2.75, 3.05) is 12.8 Å². The van der Waals surface area contributed by atoms with Gasteiger partial charge in [0.2, 0.25) is 5.91 Å². The Hall–Kier alpha value is -2.60. The average Bonchev–Trinajstić information content (AvgIpc) is 2.77. The van der Waals surface area contributed by atoms with E-state index in [0.717, 1.165) is 24.8 Å². The molecule has 0 saturated carbocycles. The molecule has 0 bridgehead atoms. The highest BCUT2D eigenvalue weighted by Gasteiger charge is 2.15. The minimum atomic E-state index is -0.0339. The summed E-state index contributed by atoms with van der Waals surface area (Å²) in [6.45, 7) is 5.40. The van der Waals surface area contributed by atoms with E-state index in [4.69, 9.17) is 0 Å². The molecule has 158 valence electrons. The fourth-order valence-corrected chi connectivity index (χ4v) is 4.22. The zero-order chi connectivity index (χ0) is 21.5. The molecular formula is C24H29N3O2S. The Kier molecular flexibility index (Phi) is 7.69. The molecule has 3 aromatic rings. The van der Waals surface area contributed by atoms with Crippen LogP contribution >= 0.6 is 11.8 Å². The monoisotopic (exact) mass is 423 g/mol. The van der Waals surface area contributed by atoms with Crippen LogP contribution in [0.4, 0.5) is 0 Å². The highest BCUT2D eigenvalue weighted by Crippen LogP contribution is 2.19. The minimum Gasteiger partial charge on any atom is -0.341 e. The molecule has 0 fully saturated rings. The molecule has 30 heavy (non-hydrogen) atoms. The van der Waals surface area contributed by atoms with Gasteiger partial charge >= 0.3 is 0 Å². The Morgan fingerprint density at radius 2 is 1.77 bits per heavy atom. The van der Waals surface area contributed by atoms with Gasteiger partial charge < -0.3 is 4.90 Å². The van der Waals surface area contributed by atoms with Gasteiger partial charge in [-0.2, -0.15) is 0 Å². The maximum Gasteiger partial charge on any atom is 0.262 e. The molecule has 0 saturated heterocycles. The Labute approximate surface area is 182 Å². The number of aromatic nitrogens is 2. The normalized spacial score (nSPS) is 11.0. The Morgan fingerprint density at radius 1 is 1.07 bits per heavy atom. The SMILES string of the molecule is CCCCn1c(SCC(=O)N(C)Cc2ccc(CC)cc2)nc2ccccc2c1=O. The lowest BCUT2D eigenvalue weighted by molar-refractivity contribution is -0.127. The minimum absolute atomic E-state index is 0.0176. The summed E-state index contributed by atoms with van der Waals surface area (Å²) in [7, 11) is 1.81. The summed E-state index contributed by atoms with van der Waals surface area (Å²) < 4.78 is 1.72. The predicted molar refractivity (Wildman–Crippen MR) is 124 cm³/mol. The van der Waals surface area contributed by atoms with Gasteiger partial charge in [0.1, 0.15) is 0 Å². The quantitative estimate of drug-likeness (QED) is 0.375. The molecule has 1 amide bonds. The van der Waals surface area contributed by atoms with Crippen LogP contribution in [0.1, 0.15) is 37.8 Å². The third kappa shape index (κ3) is 5.30. The van der Waals surface area contributed by atoms with E-state index < -0.39 is 0 Å². The molecule has 0 spiro atoms. The maximum absolute atomic E-state index is 12.9. The molecule has 1 heterocycles. The molecule has 0 unspecified atom stereocenters. The first kappa shape index (κ1) is 22.1. The maximum atomic E-state index is 12.9. The van der Waals surface area contributed by atoms with Gasteiger partial charge in [-0.1, -0.05) is 68.4 Å². The summed E-state index contributed by atoms with van der Waals surface area (Å²) >= 11 is 1.34. The zero-order valence-corrected chi connectivity index (χ0v) is 18.7. The third-order valence-corrected chi connectivity index (χ3v) is 6.12. The lowest BCUT2D eigenvalue weighted by atomic mass is 10.1. The Bertz CT molecular complexity index is 1060. The molecule has 1 aromatic heterocycles. The van der Waals surface area contributed by atoms with Crippen LogP contribution < -0.4 is 5.56 Å². The fourth-order valence-electron chi connectivity index (χ4n) is 3.25. The molecule has 3 rings (SSSR count). The first-order valence-corrected chi connectivity index (χ1v) is 11.5. The first-order valence-electron chi connectivity index (χ1n) is 10.5. The molecule has 0 N–H and O–H groups in total. The van der Waals surface area contributed by atoms with E-state index in [9.17, 15) is 9.59 Å². The highest BCUT2D eigenvalue weighted by atomic mass is 32.2. The molecule has 0 aliphatic rings. The van der Waals surface area contributed by atoms with Gasteiger partial charge in [0.25, 0.3) is 5.56 Å². The molecule has 0 atom stereocenters. The third-order valence-electron chi connectivity index (χ3n) is 5.16. The van der Waals surface area contributed by atoms with Crippen molar-refractivity contribution >= 4 is 28.6 Å². The topological polar surface area (TPSA) is 55.2 Å². The van der Waals surface area contributed by atoms with E-state index in [1.807, 2.05) is 31.3 Å². The largest absolute Gasteiger partial charge is 0.341 e. The van der Waals surface area contributed by atoms with Crippen molar-refractivity contribution in [2.24, 2.45) is 0 Å². The van der Waals surface area contributed by atoms with Gasteiger partial charge in [-0.3, -0.25) is 14.2 Å². The van der Waals surface area contributed by atoms with Crippen molar-refractivity contribution in [2.45, 2.75) is 51.4 Å². The van der Waals surface area contributed by atoms with Gasteiger partial charge in [-0.25, -0.2) is 4.98 Å². The van der Waals surface area contributed by atoms with Gasteiger partial charge in [-0.05, 0) is 36.1 Å². The van der Waals surface area contributed by atoms with Crippen LogP contribution in [0.2, 0.25) is 0 Å². The van der Waals surface area contributed by atoms with Crippen molar-refractivity contribution in [3.05, 3.63) is 70.0 Å². The molecule has 0 aliphatic heterocycles. The summed E-state index contributed by atoms with van der Waals surface area (Å²) in [6.07, 6.45) is 2.89. The molecule has 5 nitrogen and oxygen atoms in total. The number of thioether (sulfide) groups is 1. The van der Waals surface area contributed by atoms with Crippen molar-refractivity contribution in [3.63, 3.8) is 0 Å². The van der Waals surface area contributed by atoms with Gasteiger partial charge in [0.15, 0.2) is 5.16 Å². The number of nitrogens with zero attached hydrogens (tertiary/aromatic N) is 3. The Morgan fingerprint density at radius 3 is 2.47 bits per heavy atom. The smallest absolute Gasteiger partial charge is 0.262 e. The van der Waals surface area contributed by atoms with Gasteiger partial charge in [0.05, 0.1) is 16.7 Å². The predicted octanol–water partition coefficient (Wildman–Crippen LogP) is 4.51. The molecule has 0 aliphatic carbocycles. The van der Waals surface area contributed by atoms with Crippen molar-refractivity contribution < 1.29 is 4.79 Å². The summed E-state index contributed by atoms with van der Waals surface area (Å²) in [5.74, 6) is 0.268. The van der Waals surface area contributed by atoms with Gasteiger partial charge in [0, 0.05) is 20.1 Å². The summed E-state index contributed by atoms with van der Waals surface area (Å²) in [4.78, 5) is 32.1. The van der Waals surface area contributed by atoms with Crippen molar-refractivity contribution in [3.8, 4) is 0 Å². The van der Waals surface area contributed by atoms with E-state index in [0.29, 0.717) is 29.1 Å². The second kappa shape index (κ2) is 10.4. The summed E-state index contributed by atoms with van der Waals surface area (Å²) in [5, 5.41) is 1.23. The van der Waals surface area contributed by atoms with E-state index in [1.54, 1.807) is 9.47 Å². The van der Waals surface area contributed by atoms with Crippen LogP contribution in [0.15, 0.2) is 58.5 Å². The standard InChI is InChI=1S/C24H29N3O2S/c1-4-6-15-27-23(29)20-9-7-8-10-21(20)25-24(27)30-17-22(28)26(3)16-19-13-11-18(5-2)12-14-19/h7-14H,4-6,15-17H2,1-3H3. The summed E-state index contributed by atoms with van der Waals surface area (Å²) in [5.41, 5.74) is 3.04. The average molecular weight is 424 g/mol. The number of rotatable bonds is 9. The highest BCUT2D eigenvalue weighted by molar-refractivity contribution is 7.99. The number of hydrogen-bond acceptors (Lipinski definition) is 4. The summed E-state index contributed by atoms with van der Waals surface area (Å²) in [6, 6.07) is 15.7. The number of aryl methyl sites for hydroxylation is 1. The van der Waals surface area contributed by atoms with Crippen LogP contribution in [-0.4, -0.2) is 33.2 Å². The Balaban J connectivity index is 1.73. The van der Waals surface area contributed by atoms with Crippen LogP contribution in [0.3, 0.4) is 0 Å². The molecule has 6 heteroatoms. The second-order valence-electron chi connectivity index (χ2n) is 7.43. The lowest BCUT2D eigenvalue weighted by Crippen LogP contribution is -2.29.